The molecule has 3 N–H and O–H groups in total. The highest BCUT2D eigenvalue weighted by molar-refractivity contribution is 5.80. The highest BCUT2D eigenvalue weighted by atomic mass is 16.4. The fraction of sp³-hybridized carbons (Fsp3) is 0.538. The van der Waals surface area contributed by atoms with Crippen LogP contribution in [0.15, 0.2) is 27.8 Å². The van der Waals surface area contributed by atoms with Crippen molar-refractivity contribution in [3.05, 3.63) is 24.2 Å². The molecule has 1 aromatic heterocycles. The van der Waals surface area contributed by atoms with Gasteiger partial charge in [-0.05, 0) is 25.0 Å². The maximum absolute atomic E-state index is 11.0. The Morgan fingerprint density at radius 2 is 2.44 bits per heavy atom. The molecule has 0 bridgehead atoms. The number of furan rings is 1. The van der Waals surface area contributed by atoms with Crippen LogP contribution in [-0.4, -0.2) is 23.0 Å². The van der Waals surface area contributed by atoms with Gasteiger partial charge in [0.05, 0.1) is 24.6 Å². The standard InChI is InChI=1S/C13H18N2O3/c14-12-6-2-1-4-10(15-12)9(8-13(16)17)11-5-3-7-18-11/h3,5,7,9-10H,1-2,4,6,8H2,(H2,14,15)(H,16,17). The third kappa shape index (κ3) is 3.12. The number of aliphatic carboxylic acids is 1. The van der Waals surface area contributed by atoms with Crippen molar-refractivity contribution in [2.24, 2.45) is 10.7 Å². The molecule has 0 spiro atoms. The molecule has 0 saturated carbocycles. The van der Waals surface area contributed by atoms with Crippen LogP contribution < -0.4 is 5.73 Å². The van der Waals surface area contributed by atoms with Crippen molar-refractivity contribution in [3.8, 4) is 0 Å². The summed E-state index contributed by atoms with van der Waals surface area (Å²) in [4.78, 5) is 15.5. The molecule has 98 valence electrons. The largest absolute Gasteiger partial charge is 0.481 e. The molecular weight excluding hydrogens is 232 g/mol. The smallest absolute Gasteiger partial charge is 0.304 e. The summed E-state index contributed by atoms with van der Waals surface area (Å²) >= 11 is 0. The Hall–Kier alpha value is -1.78. The minimum atomic E-state index is -0.839. The number of carboxylic acid groups (broad SMARTS) is 1. The fourth-order valence-electron chi connectivity index (χ4n) is 2.41. The predicted octanol–water partition coefficient (Wildman–Crippen LogP) is 2.14. The predicted molar refractivity (Wildman–Crippen MR) is 67.6 cm³/mol. The zero-order valence-corrected chi connectivity index (χ0v) is 10.2. The van der Waals surface area contributed by atoms with Crippen molar-refractivity contribution in [1.82, 2.24) is 0 Å². The molecule has 0 fully saturated rings. The van der Waals surface area contributed by atoms with Crippen molar-refractivity contribution >= 4 is 11.8 Å². The van der Waals surface area contributed by atoms with E-state index in [9.17, 15) is 4.79 Å². The molecule has 0 aromatic carbocycles. The quantitative estimate of drug-likeness (QED) is 0.856. The zero-order chi connectivity index (χ0) is 13.0. The van der Waals surface area contributed by atoms with Gasteiger partial charge in [-0.25, -0.2) is 0 Å². The van der Waals surface area contributed by atoms with Crippen LogP contribution in [-0.2, 0) is 4.79 Å². The van der Waals surface area contributed by atoms with Gasteiger partial charge in [-0.1, -0.05) is 6.42 Å². The van der Waals surface area contributed by atoms with Gasteiger partial charge in [0.1, 0.15) is 5.76 Å². The third-order valence-corrected chi connectivity index (χ3v) is 3.28. The Labute approximate surface area is 106 Å². The first kappa shape index (κ1) is 12.7. The molecule has 1 aliphatic rings. The first-order valence-corrected chi connectivity index (χ1v) is 6.24. The van der Waals surface area contributed by atoms with Crippen LogP contribution in [0.25, 0.3) is 0 Å². The number of nitrogens with two attached hydrogens (primary N) is 1. The first-order valence-electron chi connectivity index (χ1n) is 6.24. The second-order valence-corrected chi connectivity index (χ2v) is 4.65. The van der Waals surface area contributed by atoms with Gasteiger partial charge in [0.2, 0.25) is 0 Å². The number of hydrogen-bond acceptors (Lipinski definition) is 4. The Bertz CT molecular complexity index is 425. The normalized spacial score (nSPS) is 22.0. The van der Waals surface area contributed by atoms with E-state index in [-0.39, 0.29) is 18.4 Å². The van der Waals surface area contributed by atoms with Crippen molar-refractivity contribution in [2.45, 2.75) is 44.1 Å². The van der Waals surface area contributed by atoms with Gasteiger partial charge in [0.25, 0.3) is 0 Å². The molecule has 2 unspecified atom stereocenters. The second-order valence-electron chi connectivity index (χ2n) is 4.65. The molecule has 18 heavy (non-hydrogen) atoms. The Balaban J connectivity index is 2.22. The van der Waals surface area contributed by atoms with E-state index in [1.165, 1.54) is 0 Å². The summed E-state index contributed by atoms with van der Waals surface area (Å²) in [6.45, 7) is 0. The molecular formula is C13H18N2O3. The number of carbonyl (C=O) groups is 1. The molecule has 5 nitrogen and oxygen atoms in total. The fourth-order valence-corrected chi connectivity index (χ4v) is 2.41. The first-order chi connectivity index (χ1) is 8.66. The molecule has 0 amide bonds. The van der Waals surface area contributed by atoms with Crippen molar-refractivity contribution < 1.29 is 14.3 Å². The van der Waals surface area contributed by atoms with Crippen LogP contribution in [0.2, 0.25) is 0 Å². The molecule has 2 rings (SSSR count). The summed E-state index contributed by atoms with van der Waals surface area (Å²) in [5.74, 6) is 0.240. The van der Waals surface area contributed by atoms with E-state index in [2.05, 4.69) is 4.99 Å². The average Bonchev–Trinajstić information content (AvgIpc) is 2.75. The number of aliphatic imine (C=N–C) groups is 1. The Morgan fingerprint density at radius 3 is 3.11 bits per heavy atom. The maximum Gasteiger partial charge on any atom is 0.304 e. The van der Waals surface area contributed by atoms with Gasteiger partial charge in [0.15, 0.2) is 0 Å². The Kier molecular flexibility index (Phi) is 4.02. The lowest BCUT2D eigenvalue weighted by Gasteiger charge is -2.20. The van der Waals surface area contributed by atoms with Crippen LogP contribution in [0.1, 0.15) is 43.8 Å². The summed E-state index contributed by atoms with van der Waals surface area (Å²) in [6, 6.07) is 3.49. The van der Waals surface area contributed by atoms with Crippen LogP contribution in [0, 0.1) is 0 Å². The molecule has 0 aliphatic carbocycles. The lowest BCUT2D eigenvalue weighted by atomic mass is 9.90. The van der Waals surface area contributed by atoms with E-state index in [0.29, 0.717) is 11.6 Å². The van der Waals surface area contributed by atoms with Gasteiger partial charge < -0.3 is 15.3 Å². The van der Waals surface area contributed by atoms with Gasteiger partial charge in [-0.2, -0.15) is 0 Å². The van der Waals surface area contributed by atoms with E-state index in [0.717, 1.165) is 25.7 Å². The number of carboxylic acids is 1. The third-order valence-electron chi connectivity index (χ3n) is 3.28. The minimum Gasteiger partial charge on any atom is -0.481 e. The van der Waals surface area contributed by atoms with E-state index in [1.54, 1.807) is 12.3 Å². The SMILES string of the molecule is NC1=NC(C(CC(=O)O)c2ccco2)CCCC1. The maximum atomic E-state index is 11.0. The average molecular weight is 250 g/mol. The molecule has 0 radical (unpaired) electrons. The van der Waals surface area contributed by atoms with Gasteiger partial charge in [0, 0.05) is 12.3 Å². The van der Waals surface area contributed by atoms with E-state index in [1.807, 2.05) is 6.07 Å². The van der Waals surface area contributed by atoms with E-state index >= 15 is 0 Å². The highest BCUT2D eigenvalue weighted by Crippen LogP contribution is 2.30. The van der Waals surface area contributed by atoms with Crippen LogP contribution >= 0.6 is 0 Å². The summed E-state index contributed by atoms with van der Waals surface area (Å²) in [6.07, 6.45) is 5.28. The van der Waals surface area contributed by atoms with Crippen LogP contribution in [0.4, 0.5) is 0 Å². The summed E-state index contributed by atoms with van der Waals surface area (Å²) in [5, 5.41) is 9.03. The van der Waals surface area contributed by atoms with Crippen LogP contribution in [0.3, 0.4) is 0 Å². The van der Waals surface area contributed by atoms with Crippen molar-refractivity contribution in [3.63, 3.8) is 0 Å². The number of hydrogen-bond donors (Lipinski definition) is 2. The van der Waals surface area contributed by atoms with Crippen molar-refractivity contribution in [2.75, 3.05) is 0 Å². The number of nitrogens with zero attached hydrogens (tertiary/aromatic N) is 1. The molecule has 1 aliphatic heterocycles. The topological polar surface area (TPSA) is 88.8 Å². The summed E-state index contributed by atoms with van der Waals surface area (Å²) in [7, 11) is 0. The lowest BCUT2D eigenvalue weighted by Crippen LogP contribution is -2.22. The second kappa shape index (κ2) is 5.71. The van der Waals surface area contributed by atoms with E-state index in [4.69, 9.17) is 15.3 Å². The molecule has 1 aromatic rings. The van der Waals surface area contributed by atoms with Gasteiger partial charge in [-0.15, -0.1) is 0 Å². The summed E-state index contributed by atoms with van der Waals surface area (Å²) in [5.41, 5.74) is 5.82. The van der Waals surface area contributed by atoms with Gasteiger partial charge >= 0.3 is 5.97 Å². The van der Waals surface area contributed by atoms with Crippen molar-refractivity contribution in [1.29, 1.82) is 0 Å². The van der Waals surface area contributed by atoms with Gasteiger partial charge in [-0.3, -0.25) is 9.79 Å². The monoisotopic (exact) mass is 250 g/mol. The highest BCUT2D eigenvalue weighted by Gasteiger charge is 2.28. The lowest BCUT2D eigenvalue weighted by molar-refractivity contribution is -0.137. The minimum absolute atomic E-state index is 0.0228. The molecule has 2 atom stereocenters. The van der Waals surface area contributed by atoms with E-state index < -0.39 is 5.97 Å². The molecule has 2 heterocycles. The Morgan fingerprint density at radius 1 is 1.61 bits per heavy atom. The molecule has 0 saturated heterocycles. The number of rotatable bonds is 4. The molecule has 5 heteroatoms. The summed E-state index contributed by atoms with van der Waals surface area (Å²) < 4.78 is 5.35. The zero-order valence-electron chi connectivity index (χ0n) is 10.2. The van der Waals surface area contributed by atoms with Crippen LogP contribution in [0.5, 0.6) is 0 Å². The number of amidine groups is 1.